The first-order valence-electron chi connectivity index (χ1n) is 3.39. The predicted molar refractivity (Wildman–Crippen MR) is 44.7 cm³/mol. The Bertz CT molecular complexity index is 301. The van der Waals surface area contributed by atoms with Gasteiger partial charge in [-0.1, -0.05) is 0 Å². The molecule has 64 valence electrons. The molecule has 1 aromatic heterocycles. The van der Waals surface area contributed by atoms with E-state index in [0.717, 1.165) is 6.26 Å². The van der Waals surface area contributed by atoms with Gasteiger partial charge in [0.05, 0.1) is 11.9 Å². The summed E-state index contributed by atoms with van der Waals surface area (Å²) in [5.74, 6) is 0.330. The molecule has 0 fully saturated rings. The third-order valence-corrected chi connectivity index (χ3v) is 1.18. The lowest BCUT2D eigenvalue weighted by Crippen LogP contribution is -2.04. The van der Waals surface area contributed by atoms with Gasteiger partial charge in [0.25, 0.3) is 0 Å². The van der Waals surface area contributed by atoms with Crippen LogP contribution in [0.15, 0.2) is 23.0 Å². The second-order valence-corrected chi connectivity index (χ2v) is 2.23. The Hall–Kier alpha value is -1.71. The fourth-order valence-electron chi connectivity index (χ4n) is 0.782. The summed E-state index contributed by atoms with van der Waals surface area (Å²) in [5, 5.41) is 10.9. The summed E-state index contributed by atoms with van der Waals surface area (Å²) < 4.78 is 4.94. The van der Waals surface area contributed by atoms with Crippen LogP contribution in [0.3, 0.4) is 0 Å². The summed E-state index contributed by atoms with van der Waals surface area (Å²) in [6.07, 6.45) is 3.65. The van der Waals surface area contributed by atoms with Gasteiger partial charge in [-0.2, -0.15) is 0 Å². The van der Waals surface area contributed by atoms with E-state index in [-0.39, 0.29) is 5.91 Å². The minimum atomic E-state index is -0.157. The molecule has 0 spiro atoms. The fourth-order valence-corrected chi connectivity index (χ4v) is 0.782. The topological polar surface area (TPSA) is 62.5 Å². The molecule has 1 heterocycles. The van der Waals surface area contributed by atoms with E-state index < -0.39 is 0 Å². The van der Waals surface area contributed by atoms with Gasteiger partial charge in [0.1, 0.15) is 12.0 Å². The van der Waals surface area contributed by atoms with Gasteiger partial charge in [-0.3, -0.25) is 4.79 Å². The Morgan fingerprint density at radius 1 is 1.75 bits per heavy atom. The number of furan rings is 1. The largest absolute Gasteiger partial charge is 0.515 e. The lowest BCUT2D eigenvalue weighted by molar-refractivity contribution is -0.114. The van der Waals surface area contributed by atoms with Crippen LogP contribution in [0, 0.1) is 0 Å². The van der Waals surface area contributed by atoms with Crippen molar-refractivity contribution in [2.75, 3.05) is 5.32 Å². The van der Waals surface area contributed by atoms with Crippen molar-refractivity contribution in [2.45, 2.75) is 6.92 Å². The smallest absolute Gasteiger partial charge is 0.221 e. The van der Waals surface area contributed by atoms with E-state index in [1.54, 1.807) is 6.07 Å². The molecular formula is C8H9NO3. The van der Waals surface area contributed by atoms with Crippen LogP contribution < -0.4 is 5.32 Å². The van der Waals surface area contributed by atoms with Gasteiger partial charge in [-0.25, -0.2) is 0 Å². The Morgan fingerprint density at radius 3 is 3.08 bits per heavy atom. The molecule has 0 radical (unpaired) electrons. The maximum atomic E-state index is 10.6. The van der Waals surface area contributed by atoms with E-state index >= 15 is 0 Å². The molecule has 0 aliphatic carbocycles. The second kappa shape index (κ2) is 3.61. The van der Waals surface area contributed by atoms with Crippen LogP contribution in [-0.4, -0.2) is 11.0 Å². The number of amides is 1. The van der Waals surface area contributed by atoms with Crippen LogP contribution in [0.2, 0.25) is 0 Å². The molecule has 0 aliphatic rings. The third kappa shape index (κ3) is 2.16. The molecule has 1 amide bonds. The first-order valence-corrected chi connectivity index (χ1v) is 3.39. The maximum Gasteiger partial charge on any atom is 0.221 e. The van der Waals surface area contributed by atoms with Crippen molar-refractivity contribution in [3.8, 4) is 0 Å². The molecule has 0 bridgehead atoms. The van der Waals surface area contributed by atoms with Crippen molar-refractivity contribution in [1.29, 1.82) is 0 Å². The van der Waals surface area contributed by atoms with E-state index in [4.69, 9.17) is 9.52 Å². The number of hydrogen-bond acceptors (Lipinski definition) is 3. The highest BCUT2D eigenvalue weighted by Gasteiger charge is 1.99. The third-order valence-electron chi connectivity index (χ3n) is 1.18. The molecule has 1 aromatic rings. The second-order valence-electron chi connectivity index (χ2n) is 2.23. The molecule has 0 aliphatic heterocycles. The Kier molecular flexibility index (Phi) is 2.53. The van der Waals surface area contributed by atoms with Gasteiger partial charge in [-0.15, -0.1) is 0 Å². The number of aliphatic hydroxyl groups excluding tert-OH is 1. The Balaban J connectivity index is 2.70. The Labute approximate surface area is 69.5 Å². The molecule has 12 heavy (non-hydrogen) atoms. The van der Waals surface area contributed by atoms with Gasteiger partial charge in [0, 0.05) is 19.1 Å². The highest BCUT2D eigenvalue weighted by molar-refractivity contribution is 5.88. The van der Waals surface area contributed by atoms with Crippen molar-refractivity contribution in [1.82, 2.24) is 0 Å². The van der Waals surface area contributed by atoms with E-state index in [0.29, 0.717) is 11.4 Å². The summed E-state index contributed by atoms with van der Waals surface area (Å²) in [4.78, 5) is 10.6. The number of carbonyl (C=O) groups excluding carboxylic acids is 1. The summed E-state index contributed by atoms with van der Waals surface area (Å²) in [6, 6.07) is 1.61. The lowest BCUT2D eigenvalue weighted by atomic mass is 10.4. The SMILES string of the molecule is CC(=O)Nc1coc(/C=C/O)c1. The highest BCUT2D eigenvalue weighted by Crippen LogP contribution is 2.13. The highest BCUT2D eigenvalue weighted by atomic mass is 16.3. The number of aliphatic hydroxyl groups is 1. The summed E-state index contributed by atoms with van der Waals surface area (Å²) in [6.45, 7) is 1.41. The minimum Gasteiger partial charge on any atom is -0.515 e. The summed E-state index contributed by atoms with van der Waals surface area (Å²) in [5.41, 5.74) is 0.579. The zero-order valence-corrected chi connectivity index (χ0v) is 6.57. The maximum absolute atomic E-state index is 10.6. The quantitative estimate of drug-likeness (QED) is 0.660. The van der Waals surface area contributed by atoms with Gasteiger partial charge >= 0.3 is 0 Å². The minimum absolute atomic E-state index is 0.157. The summed E-state index contributed by atoms with van der Waals surface area (Å²) >= 11 is 0. The van der Waals surface area contributed by atoms with Crippen molar-refractivity contribution in [3.05, 3.63) is 24.4 Å². The molecule has 0 aromatic carbocycles. The van der Waals surface area contributed by atoms with Crippen LogP contribution >= 0.6 is 0 Å². The predicted octanol–water partition coefficient (Wildman–Crippen LogP) is 1.77. The zero-order valence-electron chi connectivity index (χ0n) is 6.57. The standard InChI is InChI=1S/C8H9NO3/c1-6(11)9-7-4-8(2-3-10)12-5-7/h2-5,10H,1H3,(H,9,11)/b3-2+. The number of rotatable bonds is 2. The monoisotopic (exact) mass is 167 g/mol. The molecule has 1 rings (SSSR count). The average Bonchev–Trinajstić information content (AvgIpc) is 2.36. The van der Waals surface area contributed by atoms with Crippen molar-refractivity contribution in [2.24, 2.45) is 0 Å². The number of anilines is 1. The lowest BCUT2D eigenvalue weighted by Gasteiger charge is -1.92. The first kappa shape index (κ1) is 8.39. The van der Waals surface area contributed by atoms with Gasteiger partial charge in [-0.05, 0) is 0 Å². The van der Waals surface area contributed by atoms with E-state index in [1.807, 2.05) is 0 Å². The van der Waals surface area contributed by atoms with Crippen molar-refractivity contribution < 1.29 is 14.3 Å². The molecule has 2 N–H and O–H groups in total. The molecule has 4 nitrogen and oxygen atoms in total. The van der Waals surface area contributed by atoms with Gasteiger partial charge in [0.2, 0.25) is 5.91 Å². The van der Waals surface area contributed by atoms with Gasteiger partial charge < -0.3 is 14.8 Å². The average molecular weight is 167 g/mol. The molecule has 4 heteroatoms. The van der Waals surface area contributed by atoms with Crippen LogP contribution in [0.5, 0.6) is 0 Å². The Morgan fingerprint density at radius 2 is 2.50 bits per heavy atom. The van der Waals surface area contributed by atoms with E-state index in [9.17, 15) is 4.79 Å². The number of carbonyl (C=O) groups is 1. The number of hydrogen-bond donors (Lipinski definition) is 2. The van der Waals surface area contributed by atoms with Gasteiger partial charge in [0.15, 0.2) is 0 Å². The molecular weight excluding hydrogens is 158 g/mol. The van der Waals surface area contributed by atoms with Crippen LogP contribution in [0.1, 0.15) is 12.7 Å². The zero-order chi connectivity index (χ0) is 8.97. The molecule has 0 saturated carbocycles. The van der Waals surface area contributed by atoms with Crippen molar-refractivity contribution in [3.63, 3.8) is 0 Å². The van der Waals surface area contributed by atoms with Crippen LogP contribution in [-0.2, 0) is 4.79 Å². The fraction of sp³-hybridized carbons (Fsp3) is 0.125. The summed E-state index contributed by atoms with van der Waals surface area (Å²) in [7, 11) is 0. The molecule has 0 atom stereocenters. The van der Waals surface area contributed by atoms with Crippen LogP contribution in [0.25, 0.3) is 6.08 Å². The van der Waals surface area contributed by atoms with E-state index in [1.165, 1.54) is 19.3 Å². The van der Waals surface area contributed by atoms with E-state index in [2.05, 4.69) is 5.32 Å². The van der Waals surface area contributed by atoms with Crippen molar-refractivity contribution >= 4 is 17.7 Å². The molecule has 0 saturated heterocycles. The first-order chi connectivity index (χ1) is 5.72. The number of nitrogens with one attached hydrogen (secondary N) is 1. The normalized spacial score (nSPS) is 10.4. The van der Waals surface area contributed by atoms with Crippen LogP contribution in [0.4, 0.5) is 5.69 Å². The molecule has 0 unspecified atom stereocenters.